The maximum Gasteiger partial charge on any atom is 0.330 e. The number of aromatic nitrogens is 3. The predicted molar refractivity (Wildman–Crippen MR) is 85.1 cm³/mol. The number of nitrogens with zero attached hydrogens (tertiary/aromatic N) is 3. The van der Waals surface area contributed by atoms with Gasteiger partial charge in [0.05, 0.1) is 5.39 Å². The number of anilines is 1. The quantitative estimate of drug-likeness (QED) is 0.933. The van der Waals surface area contributed by atoms with Crippen LogP contribution in [0.25, 0.3) is 11.0 Å². The first-order valence-corrected chi connectivity index (χ1v) is 7.98. The lowest BCUT2D eigenvalue weighted by Crippen LogP contribution is -2.31. The van der Waals surface area contributed by atoms with E-state index in [9.17, 15) is 14.0 Å². The molecule has 2 aromatic heterocycles. The van der Waals surface area contributed by atoms with E-state index in [1.807, 2.05) is 11.8 Å². The molecule has 0 unspecified atom stereocenters. The van der Waals surface area contributed by atoms with Gasteiger partial charge in [-0.2, -0.15) is 0 Å². The lowest BCUT2D eigenvalue weighted by Gasteiger charge is -2.19. The number of H-pyrrole nitrogens is 1. The average molecular weight is 317 g/mol. The molecule has 4 rings (SSSR count). The third kappa shape index (κ3) is 2.34. The zero-order valence-corrected chi connectivity index (χ0v) is 12.9. The van der Waals surface area contributed by atoms with Crippen molar-refractivity contribution in [3.05, 3.63) is 39.1 Å². The molecule has 2 aromatic rings. The molecule has 2 aliphatic rings. The summed E-state index contributed by atoms with van der Waals surface area (Å²) in [4.78, 5) is 32.6. The molecule has 0 bridgehead atoms. The predicted octanol–water partition coefficient (Wildman–Crippen LogP) is 1.61. The van der Waals surface area contributed by atoms with Gasteiger partial charge < -0.3 is 4.90 Å². The zero-order chi connectivity index (χ0) is 16.1. The Labute approximate surface area is 132 Å². The smallest absolute Gasteiger partial charge is 0.330 e. The van der Waals surface area contributed by atoms with Crippen molar-refractivity contribution in [3.63, 3.8) is 0 Å². The summed E-state index contributed by atoms with van der Waals surface area (Å²) in [5.41, 5.74) is -0.751. The highest BCUT2D eigenvalue weighted by Crippen LogP contribution is 2.35. The summed E-state index contributed by atoms with van der Waals surface area (Å²) in [6.45, 7) is 3.44. The molecule has 3 heterocycles. The summed E-state index contributed by atoms with van der Waals surface area (Å²) >= 11 is 0. The Kier molecular flexibility index (Phi) is 3.25. The first-order valence-electron chi connectivity index (χ1n) is 7.98. The van der Waals surface area contributed by atoms with E-state index < -0.39 is 17.1 Å². The first kappa shape index (κ1) is 14.4. The van der Waals surface area contributed by atoms with Crippen LogP contribution in [0.4, 0.5) is 10.2 Å². The molecule has 1 aliphatic carbocycles. The Balaban J connectivity index is 1.90. The van der Waals surface area contributed by atoms with Crippen molar-refractivity contribution in [2.75, 3.05) is 18.0 Å². The molecule has 2 fully saturated rings. The molecule has 6 nitrogen and oxygen atoms in total. The van der Waals surface area contributed by atoms with E-state index in [4.69, 9.17) is 0 Å². The topological polar surface area (TPSA) is 71.0 Å². The van der Waals surface area contributed by atoms with Crippen LogP contribution in [0, 0.1) is 18.2 Å². The number of aromatic amines is 1. The van der Waals surface area contributed by atoms with Gasteiger partial charge in [-0.05, 0) is 37.7 Å². The van der Waals surface area contributed by atoms with Gasteiger partial charge in [-0.15, -0.1) is 0 Å². The highest BCUT2D eigenvalue weighted by atomic mass is 19.1. The lowest BCUT2D eigenvalue weighted by molar-refractivity contribution is 0.612. The standard InChI is InChI=1S/C16H18FN4O2/c1-2-9-5-6-20(8-9)14-12(17)7-11-13(18-14)21(10-3-4-10)16(23)19-15(11)22/h2,7,9-10H,3-6,8H2,1H3,(H,19,22,23)/t9-/m1/s1. The monoisotopic (exact) mass is 317 g/mol. The SMILES string of the molecule is C[CH][C@@H]1CCN(c2nc3c(cc2F)c(=O)[nH]c(=O)n3C2CC2)C1. The van der Waals surface area contributed by atoms with Crippen LogP contribution in [0.5, 0.6) is 0 Å². The summed E-state index contributed by atoms with van der Waals surface area (Å²) in [6, 6.07) is 1.26. The molecule has 1 saturated heterocycles. The van der Waals surface area contributed by atoms with Gasteiger partial charge in [-0.25, -0.2) is 14.2 Å². The molecule has 0 spiro atoms. The number of halogens is 1. The second kappa shape index (κ2) is 5.18. The van der Waals surface area contributed by atoms with E-state index in [-0.39, 0.29) is 17.2 Å². The van der Waals surface area contributed by atoms with E-state index in [2.05, 4.69) is 16.4 Å². The van der Waals surface area contributed by atoms with E-state index in [0.717, 1.165) is 25.8 Å². The Bertz CT molecular complexity index is 884. The van der Waals surface area contributed by atoms with Crippen LogP contribution < -0.4 is 16.1 Å². The highest BCUT2D eigenvalue weighted by Gasteiger charge is 2.30. The molecule has 1 aliphatic heterocycles. The van der Waals surface area contributed by atoms with Gasteiger partial charge in [0.1, 0.15) is 0 Å². The van der Waals surface area contributed by atoms with Crippen molar-refractivity contribution in [2.24, 2.45) is 5.92 Å². The number of hydrogen-bond acceptors (Lipinski definition) is 4. The maximum atomic E-state index is 14.5. The molecule has 0 aromatic carbocycles. The summed E-state index contributed by atoms with van der Waals surface area (Å²) in [5.74, 6) is 0.138. The van der Waals surface area contributed by atoms with Crippen molar-refractivity contribution in [3.8, 4) is 0 Å². The van der Waals surface area contributed by atoms with Crippen LogP contribution in [0.1, 0.15) is 32.2 Å². The van der Waals surface area contributed by atoms with Gasteiger partial charge in [0.15, 0.2) is 17.3 Å². The Morgan fingerprint density at radius 2 is 2.13 bits per heavy atom. The fraction of sp³-hybridized carbons (Fsp3) is 0.500. The van der Waals surface area contributed by atoms with E-state index in [1.165, 1.54) is 10.6 Å². The van der Waals surface area contributed by atoms with E-state index in [1.54, 1.807) is 0 Å². The summed E-state index contributed by atoms with van der Waals surface area (Å²) in [6.07, 6.45) is 4.84. The second-order valence-corrected chi connectivity index (χ2v) is 6.35. The number of nitrogens with one attached hydrogen (secondary N) is 1. The average Bonchev–Trinajstić information content (AvgIpc) is 3.23. The molecule has 7 heteroatoms. The lowest BCUT2D eigenvalue weighted by atomic mass is 10.1. The third-order valence-corrected chi connectivity index (χ3v) is 4.76. The molecule has 1 N–H and O–H groups in total. The second-order valence-electron chi connectivity index (χ2n) is 6.35. The van der Waals surface area contributed by atoms with E-state index >= 15 is 0 Å². The molecular weight excluding hydrogens is 299 g/mol. The largest absolute Gasteiger partial charge is 0.354 e. The minimum Gasteiger partial charge on any atom is -0.354 e. The van der Waals surface area contributed by atoms with Gasteiger partial charge in [-0.1, -0.05) is 6.92 Å². The van der Waals surface area contributed by atoms with Crippen LogP contribution in [-0.2, 0) is 0 Å². The Morgan fingerprint density at radius 3 is 2.78 bits per heavy atom. The zero-order valence-electron chi connectivity index (χ0n) is 12.9. The van der Waals surface area contributed by atoms with Crippen LogP contribution in [0.2, 0.25) is 0 Å². The molecule has 23 heavy (non-hydrogen) atoms. The molecular formula is C16H18FN4O2. The van der Waals surface area contributed by atoms with Crippen LogP contribution in [0.3, 0.4) is 0 Å². The van der Waals surface area contributed by atoms with Crippen LogP contribution in [0.15, 0.2) is 15.7 Å². The third-order valence-electron chi connectivity index (χ3n) is 4.76. The van der Waals surface area contributed by atoms with E-state index in [0.29, 0.717) is 18.1 Å². The number of hydrogen-bond donors (Lipinski definition) is 1. The number of pyridine rings is 1. The summed E-state index contributed by atoms with van der Waals surface area (Å²) in [5, 5.41) is 0.135. The van der Waals surface area contributed by atoms with Crippen molar-refractivity contribution in [1.29, 1.82) is 0 Å². The molecule has 1 atom stereocenters. The van der Waals surface area contributed by atoms with Crippen LogP contribution >= 0.6 is 0 Å². The maximum absolute atomic E-state index is 14.5. The van der Waals surface area contributed by atoms with Crippen molar-refractivity contribution in [2.45, 2.75) is 32.2 Å². The number of rotatable bonds is 3. The van der Waals surface area contributed by atoms with Gasteiger partial charge in [0, 0.05) is 19.1 Å². The summed E-state index contributed by atoms with van der Waals surface area (Å²) < 4.78 is 16.0. The normalized spacial score (nSPS) is 21.3. The highest BCUT2D eigenvalue weighted by molar-refractivity contribution is 5.76. The molecule has 121 valence electrons. The Hall–Kier alpha value is -2.18. The van der Waals surface area contributed by atoms with Crippen molar-refractivity contribution >= 4 is 16.9 Å². The minimum atomic E-state index is -0.582. The molecule has 1 radical (unpaired) electrons. The van der Waals surface area contributed by atoms with Gasteiger partial charge >= 0.3 is 5.69 Å². The fourth-order valence-electron chi connectivity index (χ4n) is 3.29. The molecule has 1 saturated carbocycles. The van der Waals surface area contributed by atoms with Gasteiger partial charge in [0.25, 0.3) is 5.56 Å². The van der Waals surface area contributed by atoms with Crippen molar-refractivity contribution in [1.82, 2.24) is 14.5 Å². The first-order chi connectivity index (χ1) is 11.1. The van der Waals surface area contributed by atoms with Crippen molar-refractivity contribution < 1.29 is 4.39 Å². The Morgan fingerprint density at radius 1 is 1.35 bits per heavy atom. The fourth-order valence-corrected chi connectivity index (χ4v) is 3.29. The minimum absolute atomic E-state index is 0.0583. The van der Waals surface area contributed by atoms with Gasteiger partial charge in [-0.3, -0.25) is 14.3 Å². The summed E-state index contributed by atoms with van der Waals surface area (Å²) in [7, 11) is 0. The molecule has 0 amide bonds. The van der Waals surface area contributed by atoms with Gasteiger partial charge in [0.2, 0.25) is 0 Å². The van der Waals surface area contributed by atoms with Crippen LogP contribution in [-0.4, -0.2) is 27.6 Å². The number of fused-ring (bicyclic) bond motifs is 1.